The summed E-state index contributed by atoms with van der Waals surface area (Å²) < 4.78 is 39.6. The van der Waals surface area contributed by atoms with Crippen LogP contribution in [-0.4, -0.2) is 62.4 Å². The molecule has 1 saturated heterocycles. The van der Waals surface area contributed by atoms with Gasteiger partial charge < -0.3 is 20.3 Å². The van der Waals surface area contributed by atoms with Crippen LogP contribution >= 0.6 is 0 Å². The van der Waals surface area contributed by atoms with E-state index >= 15 is 0 Å². The van der Waals surface area contributed by atoms with Crippen molar-refractivity contribution in [2.45, 2.75) is 25.4 Å². The van der Waals surface area contributed by atoms with Crippen molar-refractivity contribution in [1.29, 1.82) is 0 Å². The van der Waals surface area contributed by atoms with E-state index in [0.29, 0.717) is 0 Å². The molecule has 0 spiro atoms. The lowest BCUT2D eigenvalue weighted by molar-refractivity contribution is -0.173. The molecule has 0 aliphatic carbocycles. The second kappa shape index (κ2) is 8.71. The van der Waals surface area contributed by atoms with Crippen molar-refractivity contribution in [2.75, 3.05) is 39.4 Å². The molecule has 0 bridgehead atoms. The Bertz CT molecular complexity index is 344. The molecule has 0 saturated carbocycles. The van der Waals surface area contributed by atoms with E-state index in [4.69, 9.17) is 0 Å². The molecule has 1 aliphatic rings. The van der Waals surface area contributed by atoms with Gasteiger partial charge in [-0.3, -0.25) is 4.79 Å². The van der Waals surface area contributed by atoms with Gasteiger partial charge >= 0.3 is 12.2 Å². The van der Waals surface area contributed by atoms with Gasteiger partial charge in [0.25, 0.3) is 0 Å². The summed E-state index contributed by atoms with van der Waals surface area (Å²) in [7, 11) is 0. The molecule has 1 fully saturated rings. The molecule has 9 heteroatoms. The van der Waals surface area contributed by atoms with Crippen LogP contribution in [-0.2, 0) is 9.53 Å². The van der Waals surface area contributed by atoms with Gasteiger partial charge in [-0.2, -0.15) is 13.2 Å². The summed E-state index contributed by atoms with van der Waals surface area (Å²) in [6, 6.07) is -0.528. The molecule has 1 aliphatic heterocycles. The maximum atomic E-state index is 11.8. The lowest BCUT2D eigenvalue weighted by Crippen LogP contribution is -2.39. The molecule has 1 heterocycles. The molecule has 3 amide bonds. The van der Waals surface area contributed by atoms with Crippen LogP contribution < -0.4 is 10.6 Å². The Morgan fingerprint density at radius 2 is 1.71 bits per heavy atom. The van der Waals surface area contributed by atoms with Crippen LogP contribution in [0.25, 0.3) is 0 Å². The second-order valence-corrected chi connectivity index (χ2v) is 4.69. The molecule has 122 valence electrons. The van der Waals surface area contributed by atoms with E-state index < -0.39 is 18.8 Å². The summed E-state index contributed by atoms with van der Waals surface area (Å²) in [4.78, 5) is 24.7. The minimum absolute atomic E-state index is 0.00121. The number of hydrogen-bond donors (Lipinski definition) is 2. The van der Waals surface area contributed by atoms with Crippen molar-refractivity contribution in [2.24, 2.45) is 0 Å². The molecular formula is C12H20F3N3O3. The zero-order valence-corrected chi connectivity index (χ0v) is 11.7. The Kier molecular flexibility index (Phi) is 7.27. The summed E-state index contributed by atoms with van der Waals surface area (Å²) in [6.07, 6.45) is -2.12. The number of alkyl halides is 3. The lowest BCUT2D eigenvalue weighted by atomic mass is 10.3. The number of ether oxygens (including phenoxy) is 1. The van der Waals surface area contributed by atoms with Crippen molar-refractivity contribution in [3.8, 4) is 0 Å². The number of rotatable bonds is 7. The van der Waals surface area contributed by atoms with Gasteiger partial charge in [0.15, 0.2) is 0 Å². The van der Waals surface area contributed by atoms with Gasteiger partial charge in [0.05, 0.1) is 6.61 Å². The number of amides is 3. The summed E-state index contributed by atoms with van der Waals surface area (Å²) >= 11 is 0. The summed E-state index contributed by atoms with van der Waals surface area (Å²) in [5, 5.41) is 4.81. The number of carbonyl (C=O) groups is 2. The van der Waals surface area contributed by atoms with Gasteiger partial charge in [-0.05, 0) is 12.8 Å². The van der Waals surface area contributed by atoms with Crippen LogP contribution in [0.5, 0.6) is 0 Å². The maximum absolute atomic E-state index is 11.8. The number of nitrogens with one attached hydrogen (secondary N) is 2. The number of urea groups is 1. The van der Waals surface area contributed by atoms with Crippen molar-refractivity contribution < 1.29 is 27.5 Å². The van der Waals surface area contributed by atoms with Gasteiger partial charge in [0.2, 0.25) is 5.91 Å². The largest absolute Gasteiger partial charge is 0.411 e. The zero-order valence-electron chi connectivity index (χ0n) is 11.7. The van der Waals surface area contributed by atoms with Crippen LogP contribution in [0.1, 0.15) is 19.3 Å². The van der Waals surface area contributed by atoms with E-state index in [0.717, 1.165) is 25.9 Å². The standard InChI is InChI=1S/C12H20F3N3O3/c13-12(14,15)9-21-8-5-17-11(20)16-4-3-10(19)18-6-1-2-7-18/h1-9H2,(H2,16,17,20). The Hall–Kier alpha value is -1.51. The maximum Gasteiger partial charge on any atom is 0.411 e. The average Bonchev–Trinajstić information content (AvgIpc) is 2.90. The number of halogens is 3. The third kappa shape index (κ3) is 8.38. The molecule has 21 heavy (non-hydrogen) atoms. The zero-order chi connectivity index (χ0) is 15.7. The Labute approximate surface area is 121 Å². The van der Waals surface area contributed by atoms with Crippen LogP contribution in [0.4, 0.5) is 18.0 Å². The van der Waals surface area contributed by atoms with E-state index in [-0.39, 0.29) is 32.0 Å². The Morgan fingerprint density at radius 1 is 1.10 bits per heavy atom. The second-order valence-electron chi connectivity index (χ2n) is 4.69. The quantitative estimate of drug-likeness (QED) is 0.686. The van der Waals surface area contributed by atoms with Gasteiger partial charge in [-0.25, -0.2) is 4.79 Å². The molecule has 0 atom stereocenters. The lowest BCUT2D eigenvalue weighted by Gasteiger charge is -2.15. The van der Waals surface area contributed by atoms with E-state index in [9.17, 15) is 22.8 Å². The molecule has 0 radical (unpaired) electrons. The third-order valence-corrected chi connectivity index (χ3v) is 2.88. The van der Waals surface area contributed by atoms with Crippen molar-refractivity contribution >= 4 is 11.9 Å². The number of hydrogen-bond acceptors (Lipinski definition) is 3. The smallest absolute Gasteiger partial charge is 0.370 e. The highest BCUT2D eigenvalue weighted by molar-refractivity contribution is 5.78. The first-order chi connectivity index (χ1) is 9.88. The highest BCUT2D eigenvalue weighted by Gasteiger charge is 2.27. The average molecular weight is 311 g/mol. The molecule has 2 N–H and O–H groups in total. The molecular weight excluding hydrogens is 291 g/mol. The highest BCUT2D eigenvalue weighted by Crippen LogP contribution is 2.13. The third-order valence-electron chi connectivity index (χ3n) is 2.88. The Morgan fingerprint density at radius 3 is 2.33 bits per heavy atom. The van der Waals surface area contributed by atoms with Crippen molar-refractivity contribution in [3.63, 3.8) is 0 Å². The summed E-state index contributed by atoms with van der Waals surface area (Å²) in [5.74, 6) is 0.00121. The number of likely N-dealkylation sites (tertiary alicyclic amines) is 1. The number of nitrogens with zero attached hydrogens (tertiary/aromatic N) is 1. The first-order valence-electron chi connectivity index (χ1n) is 6.82. The van der Waals surface area contributed by atoms with Crippen molar-refractivity contribution in [3.05, 3.63) is 0 Å². The molecule has 6 nitrogen and oxygen atoms in total. The normalized spacial score (nSPS) is 15.1. The molecule has 1 rings (SSSR count). The number of carbonyl (C=O) groups excluding carboxylic acids is 2. The van der Waals surface area contributed by atoms with Gasteiger partial charge in [0, 0.05) is 32.6 Å². The highest BCUT2D eigenvalue weighted by atomic mass is 19.4. The van der Waals surface area contributed by atoms with E-state index in [1.165, 1.54) is 0 Å². The SMILES string of the molecule is O=C(NCCOCC(F)(F)F)NCCC(=O)N1CCCC1. The van der Waals surface area contributed by atoms with Crippen LogP contribution in [0.2, 0.25) is 0 Å². The first-order valence-corrected chi connectivity index (χ1v) is 6.82. The van der Waals surface area contributed by atoms with Crippen LogP contribution in [0, 0.1) is 0 Å². The molecule has 0 unspecified atom stereocenters. The van der Waals surface area contributed by atoms with E-state index in [1.807, 2.05) is 0 Å². The fourth-order valence-electron chi connectivity index (χ4n) is 1.89. The Balaban J connectivity index is 1.97. The van der Waals surface area contributed by atoms with Gasteiger partial charge in [-0.15, -0.1) is 0 Å². The van der Waals surface area contributed by atoms with Crippen LogP contribution in [0.15, 0.2) is 0 Å². The fourth-order valence-corrected chi connectivity index (χ4v) is 1.89. The molecule has 0 aromatic heterocycles. The van der Waals surface area contributed by atoms with Crippen molar-refractivity contribution in [1.82, 2.24) is 15.5 Å². The molecule has 0 aromatic rings. The topological polar surface area (TPSA) is 70.7 Å². The predicted octanol–water partition coefficient (Wildman–Crippen LogP) is 0.877. The van der Waals surface area contributed by atoms with E-state index in [1.54, 1.807) is 4.90 Å². The van der Waals surface area contributed by atoms with Crippen LogP contribution in [0.3, 0.4) is 0 Å². The molecule has 0 aromatic carbocycles. The minimum Gasteiger partial charge on any atom is -0.370 e. The monoisotopic (exact) mass is 311 g/mol. The van der Waals surface area contributed by atoms with Gasteiger partial charge in [-0.1, -0.05) is 0 Å². The summed E-state index contributed by atoms with van der Waals surface area (Å²) in [5.41, 5.74) is 0. The minimum atomic E-state index is -4.36. The first kappa shape index (κ1) is 17.5. The summed E-state index contributed by atoms with van der Waals surface area (Å²) in [6.45, 7) is 0.149. The predicted molar refractivity (Wildman–Crippen MR) is 68.7 cm³/mol. The fraction of sp³-hybridized carbons (Fsp3) is 0.833. The van der Waals surface area contributed by atoms with E-state index in [2.05, 4.69) is 15.4 Å². The van der Waals surface area contributed by atoms with Gasteiger partial charge in [0.1, 0.15) is 6.61 Å².